The normalized spacial score (nSPS) is 21.8. The highest BCUT2D eigenvalue weighted by atomic mass is 79.9. The van der Waals surface area contributed by atoms with Crippen molar-refractivity contribution in [3.63, 3.8) is 0 Å². The fourth-order valence-corrected chi connectivity index (χ4v) is 2.93. The third-order valence-corrected chi connectivity index (χ3v) is 4.34. The lowest BCUT2D eigenvalue weighted by Gasteiger charge is -2.29. The number of furan rings is 1. The summed E-state index contributed by atoms with van der Waals surface area (Å²) in [5.41, 5.74) is 0.730. The molecule has 2 N–H and O–H groups in total. The molecule has 1 fully saturated rings. The van der Waals surface area contributed by atoms with E-state index in [1.54, 1.807) is 6.07 Å². The third-order valence-electron chi connectivity index (χ3n) is 3.85. The minimum absolute atomic E-state index is 0. The number of fused-ring (bicyclic) bond motifs is 1. The van der Waals surface area contributed by atoms with E-state index in [2.05, 4.69) is 33.5 Å². The minimum atomic E-state index is -0.141. The number of piperidine rings is 1. The third kappa shape index (κ3) is 3.59. The number of rotatable bonds is 2. The summed E-state index contributed by atoms with van der Waals surface area (Å²) in [6.45, 7) is 4.01. The number of hydrogen-bond donors (Lipinski definition) is 2. The van der Waals surface area contributed by atoms with Gasteiger partial charge in [0.1, 0.15) is 5.58 Å². The summed E-state index contributed by atoms with van der Waals surface area (Å²) in [7, 11) is 0. The number of hydrogen-bond acceptors (Lipinski definition) is 3. The van der Waals surface area contributed by atoms with Gasteiger partial charge >= 0.3 is 0 Å². The van der Waals surface area contributed by atoms with Crippen LogP contribution in [0.25, 0.3) is 11.0 Å². The first kappa shape index (κ1) is 16.3. The van der Waals surface area contributed by atoms with Crippen LogP contribution in [-0.2, 0) is 0 Å². The van der Waals surface area contributed by atoms with Gasteiger partial charge in [-0.05, 0) is 43.1 Å². The molecule has 6 heteroatoms. The Morgan fingerprint density at radius 1 is 1.43 bits per heavy atom. The van der Waals surface area contributed by atoms with Crippen molar-refractivity contribution < 1.29 is 9.21 Å². The molecule has 1 aliphatic heterocycles. The highest BCUT2D eigenvalue weighted by Crippen LogP contribution is 2.23. The first-order valence-corrected chi connectivity index (χ1v) is 7.63. The van der Waals surface area contributed by atoms with Crippen molar-refractivity contribution >= 4 is 45.2 Å². The standard InChI is InChI=1S/C15H17BrN2O2.ClH/c1-9-4-5-17-8-12(9)18-15(19)14-7-10-6-11(16)2-3-13(10)20-14;/h2-3,6-7,9,12,17H,4-5,8H2,1H3,(H,18,19);1H. The SMILES string of the molecule is CC1CCNCC1NC(=O)c1cc2cc(Br)ccc2o1.Cl. The van der Waals surface area contributed by atoms with Gasteiger partial charge in [-0.3, -0.25) is 4.79 Å². The van der Waals surface area contributed by atoms with Crippen molar-refractivity contribution in [3.8, 4) is 0 Å². The number of nitrogens with one attached hydrogen (secondary N) is 2. The van der Waals surface area contributed by atoms with Gasteiger partial charge in [-0.2, -0.15) is 0 Å². The van der Waals surface area contributed by atoms with Gasteiger partial charge in [0.15, 0.2) is 5.76 Å². The minimum Gasteiger partial charge on any atom is -0.451 e. The Labute approximate surface area is 138 Å². The lowest BCUT2D eigenvalue weighted by molar-refractivity contribution is 0.0889. The maximum absolute atomic E-state index is 12.3. The van der Waals surface area contributed by atoms with Crippen LogP contribution in [0.2, 0.25) is 0 Å². The van der Waals surface area contributed by atoms with E-state index in [0.29, 0.717) is 11.7 Å². The average Bonchev–Trinajstić information content (AvgIpc) is 2.84. The zero-order valence-electron chi connectivity index (χ0n) is 11.7. The molecule has 1 aromatic heterocycles. The second kappa shape index (κ2) is 6.81. The summed E-state index contributed by atoms with van der Waals surface area (Å²) in [4.78, 5) is 12.3. The number of halogens is 2. The first-order chi connectivity index (χ1) is 9.63. The average molecular weight is 374 g/mol. The van der Waals surface area contributed by atoms with E-state index in [1.165, 1.54) is 0 Å². The summed E-state index contributed by atoms with van der Waals surface area (Å²) in [5.74, 6) is 0.715. The van der Waals surface area contributed by atoms with Crippen LogP contribution in [0.4, 0.5) is 0 Å². The second-order valence-corrected chi connectivity index (χ2v) is 6.26. The Hall–Kier alpha value is -1.04. The molecule has 0 radical (unpaired) electrons. The molecule has 0 spiro atoms. The van der Waals surface area contributed by atoms with Crippen LogP contribution in [0.1, 0.15) is 23.9 Å². The van der Waals surface area contributed by atoms with Crippen LogP contribution in [0, 0.1) is 5.92 Å². The smallest absolute Gasteiger partial charge is 0.287 e. The fraction of sp³-hybridized carbons (Fsp3) is 0.400. The van der Waals surface area contributed by atoms with E-state index >= 15 is 0 Å². The van der Waals surface area contributed by atoms with Gasteiger partial charge in [-0.25, -0.2) is 0 Å². The molecule has 2 unspecified atom stereocenters. The van der Waals surface area contributed by atoms with Crippen molar-refractivity contribution in [2.75, 3.05) is 13.1 Å². The van der Waals surface area contributed by atoms with Crippen LogP contribution in [0.3, 0.4) is 0 Å². The van der Waals surface area contributed by atoms with Gasteiger partial charge in [0.2, 0.25) is 0 Å². The summed E-state index contributed by atoms with van der Waals surface area (Å²) >= 11 is 3.42. The van der Waals surface area contributed by atoms with Gasteiger partial charge < -0.3 is 15.1 Å². The predicted molar refractivity (Wildman–Crippen MR) is 89.1 cm³/mol. The topological polar surface area (TPSA) is 54.3 Å². The molecule has 114 valence electrons. The lowest BCUT2D eigenvalue weighted by atomic mass is 9.95. The molecule has 0 saturated carbocycles. The summed E-state index contributed by atoms with van der Waals surface area (Å²) in [5, 5.41) is 7.29. The summed E-state index contributed by atoms with van der Waals surface area (Å²) < 4.78 is 6.58. The molecule has 0 bridgehead atoms. The number of carbonyl (C=O) groups is 1. The van der Waals surface area contributed by atoms with Crippen molar-refractivity contribution in [1.29, 1.82) is 0 Å². The monoisotopic (exact) mass is 372 g/mol. The van der Waals surface area contributed by atoms with Crippen molar-refractivity contribution in [2.45, 2.75) is 19.4 Å². The second-order valence-electron chi connectivity index (χ2n) is 5.34. The summed E-state index contributed by atoms with van der Waals surface area (Å²) in [6, 6.07) is 7.66. The van der Waals surface area contributed by atoms with E-state index in [0.717, 1.165) is 35.0 Å². The number of benzene rings is 1. The van der Waals surface area contributed by atoms with E-state index < -0.39 is 0 Å². The molecular weight excluding hydrogens is 356 g/mol. The molecule has 21 heavy (non-hydrogen) atoms. The fourth-order valence-electron chi connectivity index (χ4n) is 2.55. The van der Waals surface area contributed by atoms with Gasteiger partial charge in [0.25, 0.3) is 5.91 Å². The molecule has 1 aliphatic rings. The molecule has 0 aliphatic carbocycles. The maximum Gasteiger partial charge on any atom is 0.287 e. The highest BCUT2D eigenvalue weighted by Gasteiger charge is 2.24. The molecule has 2 atom stereocenters. The Morgan fingerprint density at radius 2 is 2.24 bits per heavy atom. The van der Waals surface area contributed by atoms with Crippen LogP contribution in [0.5, 0.6) is 0 Å². The van der Waals surface area contributed by atoms with E-state index in [9.17, 15) is 4.79 Å². The molecule has 2 aromatic rings. The van der Waals surface area contributed by atoms with Gasteiger partial charge in [0.05, 0.1) is 0 Å². The maximum atomic E-state index is 12.3. The molecule has 3 rings (SSSR count). The number of carbonyl (C=O) groups excluding carboxylic acids is 1. The van der Waals surface area contributed by atoms with Gasteiger partial charge in [0, 0.05) is 22.4 Å². The zero-order chi connectivity index (χ0) is 14.1. The van der Waals surface area contributed by atoms with E-state index in [-0.39, 0.29) is 24.4 Å². The van der Waals surface area contributed by atoms with Crippen molar-refractivity contribution in [2.24, 2.45) is 5.92 Å². The van der Waals surface area contributed by atoms with Crippen molar-refractivity contribution in [3.05, 3.63) is 34.5 Å². The van der Waals surface area contributed by atoms with Crippen LogP contribution < -0.4 is 10.6 Å². The molecular formula is C15H18BrClN2O2. The molecule has 1 saturated heterocycles. The predicted octanol–water partition coefficient (Wildman–Crippen LogP) is 3.34. The van der Waals surface area contributed by atoms with Crippen LogP contribution >= 0.6 is 28.3 Å². The largest absolute Gasteiger partial charge is 0.451 e. The molecule has 1 aromatic carbocycles. The highest BCUT2D eigenvalue weighted by molar-refractivity contribution is 9.10. The Bertz CT molecular complexity index is 644. The molecule has 2 heterocycles. The Balaban J connectivity index is 0.00000161. The van der Waals surface area contributed by atoms with E-state index in [1.807, 2.05) is 18.2 Å². The Kier molecular flexibility index (Phi) is 5.30. The lowest BCUT2D eigenvalue weighted by Crippen LogP contribution is -2.50. The van der Waals surface area contributed by atoms with Crippen molar-refractivity contribution in [1.82, 2.24) is 10.6 Å². The zero-order valence-corrected chi connectivity index (χ0v) is 14.1. The van der Waals surface area contributed by atoms with Crippen LogP contribution in [0.15, 0.2) is 33.2 Å². The van der Waals surface area contributed by atoms with Gasteiger partial charge in [-0.15, -0.1) is 12.4 Å². The number of amides is 1. The molecule has 4 nitrogen and oxygen atoms in total. The van der Waals surface area contributed by atoms with Crippen LogP contribution in [-0.4, -0.2) is 25.0 Å². The summed E-state index contributed by atoms with van der Waals surface area (Å²) in [6.07, 6.45) is 1.08. The quantitative estimate of drug-likeness (QED) is 0.849. The Morgan fingerprint density at radius 3 is 3.00 bits per heavy atom. The van der Waals surface area contributed by atoms with E-state index in [4.69, 9.17) is 4.42 Å². The molecule has 1 amide bonds. The van der Waals surface area contributed by atoms with Gasteiger partial charge in [-0.1, -0.05) is 22.9 Å². The first-order valence-electron chi connectivity index (χ1n) is 6.84.